The molecule has 1 aliphatic carbocycles. The van der Waals surface area contributed by atoms with Crippen LogP contribution in [0, 0.1) is 0 Å². The lowest BCUT2D eigenvalue weighted by Crippen LogP contribution is -2.50. The van der Waals surface area contributed by atoms with Crippen molar-refractivity contribution < 1.29 is 4.79 Å². The Kier molecular flexibility index (Phi) is 10.5. The molecule has 1 aliphatic rings. The van der Waals surface area contributed by atoms with E-state index in [1.165, 1.54) is 25.7 Å². The van der Waals surface area contributed by atoms with Gasteiger partial charge in [0.25, 0.3) is 0 Å². The molecule has 7 heteroatoms. The summed E-state index contributed by atoms with van der Waals surface area (Å²) in [5.74, 6) is -0.130. The molecular weight excluding hydrogens is 413 g/mol. The standard InChI is InChI=1S/C17H26BrN3O.2ClH/c1-17(19,13-7-9-14(18)10-8-13)16(22)20-11-12-21(2)15-5-3-4-6-15;;/h7-10,15H,3-6,11-12,19H2,1-2H3,(H,20,22);2*1H. The average Bonchev–Trinajstić information content (AvgIpc) is 3.01. The number of hydrogen-bond donors (Lipinski definition) is 2. The summed E-state index contributed by atoms with van der Waals surface area (Å²) in [6.07, 6.45) is 5.20. The van der Waals surface area contributed by atoms with E-state index in [2.05, 4.69) is 33.2 Å². The third-order valence-electron chi connectivity index (χ3n) is 4.61. The molecule has 1 saturated carbocycles. The monoisotopic (exact) mass is 439 g/mol. The third-order valence-corrected chi connectivity index (χ3v) is 5.14. The molecule has 2 rings (SSSR count). The van der Waals surface area contributed by atoms with Crippen molar-refractivity contribution in [3.63, 3.8) is 0 Å². The van der Waals surface area contributed by atoms with Gasteiger partial charge in [-0.3, -0.25) is 4.79 Å². The summed E-state index contributed by atoms with van der Waals surface area (Å²) in [6.45, 7) is 3.26. The average molecular weight is 441 g/mol. The van der Waals surface area contributed by atoms with E-state index < -0.39 is 5.54 Å². The van der Waals surface area contributed by atoms with E-state index in [1.54, 1.807) is 6.92 Å². The topological polar surface area (TPSA) is 58.4 Å². The van der Waals surface area contributed by atoms with Crippen LogP contribution in [0.5, 0.6) is 0 Å². The van der Waals surface area contributed by atoms with Gasteiger partial charge in [0.15, 0.2) is 0 Å². The molecule has 1 fully saturated rings. The van der Waals surface area contributed by atoms with Crippen molar-refractivity contribution in [2.75, 3.05) is 20.1 Å². The van der Waals surface area contributed by atoms with E-state index in [0.717, 1.165) is 16.6 Å². The highest BCUT2D eigenvalue weighted by atomic mass is 79.9. The summed E-state index contributed by atoms with van der Waals surface area (Å²) in [7, 11) is 2.14. The van der Waals surface area contributed by atoms with Crippen LogP contribution in [0.4, 0.5) is 0 Å². The maximum absolute atomic E-state index is 12.4. The van der Waals surface area contributed by atoms with Gasteiger partial charge < -0.3 is 16.0 Å². The van der Waals surface area contributed by atoms with Crippen molar-refractivity contribution >= 4 is 46.7 Å². The maximum atomic E-state index is 12.4. The number of halogens is 3. The predicted octanol–water partition coefficient (Wildman–Crippen LogP) is 3.46. The normalized spacial score (nSPS) is 16.9. The molecule has 0 bridgehead atoms. The Bertz CT molecular complexity index is 505. The Labute approximate surface area is 165 Å². The number of amides is 1. The second-order valence-corrected chi connectivity index (χ2v) is 7.30. The molecule has 0 saturated heterocycles. The Balaban J connectivity index is 0.00000264. The highest BCUT2D eigenvalue weighted by Gasteiger charge is 2.30. The first-order valence-electron chi connectivity index (χ1n) is 7.94. The Morgan fingerprint density at radius 3 is 2.38 bits per heavy atom. The van der Waals surface area contributed by atoms with Gasteiger partial charge in [0.1, 0.15) is 5.54 Å². The SMILES string of the molecule is CN(CCNC(=O)C(C)(N)c1ccc(Br)cc1)C1CCCC1.Cl.Cl. The minimum atomic E-state index is -1.01. The van der Waals surface area contributed by atoms with E-state index in [4.69, 9.17) is 5.73 Å². The molecule has 1 unspecified atom stereocenters. The highest BCUT2D eigenvalue weighted by molar-refractivity contribution is 9.10. The molecule has 0 spiro atoms. The smallest absolute Gasteiger partial charge is 0.244 e. The lowest BCUT2D eigenvalue weighted by atomic mass is 9.92. The number of nitrogens with two attached hydrogens (primary N) is 1. The molecule has 1 amide bonds. The summed E-state index contributed by atoms with van der Waals surface area (Å²) >= 11 is 3.39. The van der Waals surface area contributed by atoms with Crippen molar-refractivity contribution in [2.45, 2.75) is 44.2 Å². The summed E-state index contributed by atoms with van der Waals surface area (Å²) in [5.41, 5.74) is 6.04. The fourth-order valence-electron chi connectivity index (χ4n) is 2.98. The Morgan fingerprint density at radius 1 is 1.29 bits per heavy atom. The van der Waals surface area contributed by atoms with Crippen molar-refractivity contribution in [3.05, 3.63) is 34.3 Å². The zero-order valence-corrected chi connectivity index (χ0v) is 17.5. The van der Waals surface area contributed by atoms with Crippen LogP contribution in [0.15, 0.2) is 28.7 Å². The van der Waals surface area contributed by atoms with Gasteiger partial charge in [0.05, 0.1) is 0 Å². The van der Waals surface area contributed by atoms with Crippen LogP contribution in [0.1, 0.15) is 38.2 Å². The first-order chi connectivity index (χ1) is 10.4. The number of nitrogens with one attached hydrogen (secondary N) is 1. The van der Waals surface area contributed by atoms with Crippen molar-refractivity contribution in [1.29, 1.82) is 0 Å². The minimum absolute atomic E-state index is 0. The van der Waals surface area contributed by atoms with Gasteiger partial charge in [0, 0.05) is 23.6 Å². The van der Waals surface area contributed by atoms with E-state index >= 15 is 0 Å². The van der Waals surface area contributed by atoms with Crippen LogP contribution in [0.2, 0.25) is 0 Å². The van der Waals surface area contributed by atoms with Crippen molar-refractivity contribution in [2.24, 2.45) is 5.73 Å². The molecule has 24 heavy (non-hydrogen) atoms. The zero-order chi connectivity index (χ0) is 16.2. The first kappa shape index (κ1) is 23.7. The Hall–Kier alpha value is -0.330. The lowest BCUT2D eigenvalue weighted by molar-refractivity contribution is -0.126. The maximum Gasteiger partial charge on any atom is 0.244 e. The van der Waals surface area contributed by atoms with Gasteiger partial charge in [-0.05, 0) is 44.5 Å². The van der Waals surface area contributed by atoms with E-state index in [0.29, 0.717) is 12.6 Å². The number of nitrogens with zero attached hydrogens (tertiary/aromatic N) is 1. The van der Waals surface area contributed by atoms with Gasteiger partial charge in [-0.1, -0.05) is 40.9 Å². The van der Waals surface area contributed by atoms with Gasteiger partial charge in [-0.2, -0.15) is 0 Å². The van der Waals surface area contributed by atoms with Crippen molar-refractivity contribution in [1.82, 2.24) is 10.2 Å². The highest BCUT2D eigenvalue weighted by Crippen LogP contribution is 2.22. The molecule has 0 radical (unpaired) electrons. The van der Waals surface area contributed by atoms with Gasteiger partial charge in [-0.25, -0.2) is 0 Å². The largest absolute Gasteiger partial charge is 0.353 e. The molecule has 1 aromatic carbocycles. The predicted molar refractivity (Wildman–Crippen MR) is 108 cm³/mol. The fourth-order valence-corrected chi connectivity index (χ4v) is 3.25. The second-order valence-electron chi connectivity index (χ2n) is 6.38. The first-order valence-corrected chi connectivity index (χ1v) is 8.74. The van der Waals surface area contributed by atoms with Gasteiger partial charge >= 0.3 is 0 Å². The number of carbonyl (C=O) groups is 1. The molecular formula is C17H28BrCl2N3O. The number of benzene rings is 1. The fraction of sp³-hybridized carbons (Fsp3) is 0.588. The van der Waals surface area contributed by atoms with Crippen LogP contribution >= 0.6 is 40.7 Å². The molecule has 138 valence electrons. The van der Waals surface area contributed by atoms with Crippen LogP contribution < -0.4 is 11.1 Å². The second kappa shape index (κ2) is 10.6. The summed E-state index contributed by atoms with van der Waals surface area (Å²) < 4.78 is 0.977. The molecule has 0 aromatic heterocycles. The van der Waals surface area contributed by atoms with E-state index in [1.807, 2.05) is 24.3 Å². The third kappa shape index (κ3) is 6.19. The van der Waals surface area contributed by atoms with Crippen LogP contribution in [-0.2, 0) is 10.3 Å². The molecule has 4 nitrogen and oxygen atoms in total. The number of carbonyl (C=O) groups excluding carboxylic acids is 1. The van der Waals surface area contributed by atoms with E-state index in [9.17, 15) is 4.79 Å². The quantitative estimate of drug-likeness (QED) is 0.711. The lowest BCUT2D eigenvalue weighted by Gasteiger charge is -2.27. The van der Waals surface area contributed by atoms with Gasteiger partial charge in [-0.15, -0.1) is 24.8 Å². The Morgan fingerprint density at radius 2 is 1.83 bits per heavy atom. The molecule has 1 atom stereocenters. The van der Waals surface area contributed by atoms with Crippen molar-refractivity contribution in [3.8, 4) is 0 Å². The molecule has 0 heterocycles. The van der Waals surface area contributed by atoms with E-state index in [-0.39, 0.29) is 30.7 Å². The van der Waals surface area contributed by atoms with Crippen LogP contribution in [0.25, 0.3) is 0 Å². The molecule has 1 aromatic rings. The van der Waals surface area contributed by atoms with Crippen LogP contribution in [0.3, 0.4) is 0 Å². The van der Waals surface area contributed by atoms with Gasteiger partial charge in [0.2, 0.25) is 5.91 Å². The molecule has 3 N–H and O–H groups in total. The molecule has 0 aliphatic heterocycles. The number of likely N-dealkylation sites (N-methyl/N-ethyl adjacent to an activating group) is 1. The minimum Gasteiger partial charge on any atom is -0.353 e. The zero-order valence-electron chi connectivity index (χ0n) is 14.3. The summed E-state index contributed by atoms with van der Waals surface area (Å²) in [5, 5.41) is 2.97. The number of hydrogen-bond acceptors (Lipinski definition) is 3. The summed E-state index contributed by atoms with van der Waals surface area (Å²) in [6, 6.07) is 8.25. The van der Waals surface area contributed by atoms with Crippen LogP contribution in [-0.4, -0.2) is 37.0 Å². The number of rotatable bonds is 6. The summed E-state index contributed by atoms with van der Waals surface area (Å²) in [4.78, 5) is 14.7.